The molecule has 1 heterocycles. The van der Waals surface area contributed by atoms with Crippen LogP contribution >= 0.6 is 33.9 Å². The first-order valence-corrected chi connectivity index (χ1v) is 6.26. The molecule has 78 valence electrons. The zero-order valence-corrected chi connectivity index (χ0v) is 10.9. The molecule has 1 atom stereocenters. The van der Waals surface area contributed by atoms with E-state index in [9.17, 15) is 4.79 Å². The van der Waals surface area contributed by atoms with Crippen LogP contribution in [0.2, 0.25) is 0 Å². The molecule has 1 unspecified atom stereocenters. The first-order valence-electron chi connectivity index (χ1n) is 4.37. The van der Waals surface area contributed by atoms with Crippen molar-refractivity contribution in [2.75, 3.05) is 6.54 Å². The summed E-state index contributed by atoms with van der Waals surface area (Å²) < 4.78 is 1.27. The van der Waals surface area contributed by atoms with E-state index in [0.717, 1.165) is 6.42 Å². The van der Waals surface area contributed by atoms with Gasteiger partial charge in [0.2, 0.25) is 5.91 Å². The minimum Gasteiger partial charge on any atom is -0.354 e. The van der Waals surface area contributed by atoms with Gasteiger partial charge in [0.25, 0.3) is 0 Å². The van der Waals surface area contributed by atoms with E-state index in [1.165, 1.54) is 7.76 Å². The second-order valence-corrected chi connectivity index (χ2v) is 6.10. The normalized spacial score (nSPS) is 12.5. The van der Waals surface area contributed by atoms with Crippen LogP contribution in [-0.4, -0.2) is 18.5 Å². The highest BCUT2D eigenvalue weighted by atomic mass is 127. The maximum absolute atomic E-state index is 11.1. The molecular formula is C9H13IN2OS. The van der Waals surface area contributed by atoms with Gasteiger partial charge in [-0.3, -0.25) is 4.79 Å². The molecule has 0 fully saturated rings. The molecule has 1 rings (SSSR count). The molecule has 0 aromatic carbocycles. The van der Waals surface area contributed by atoms with Gasteiger partial charge in [0.05, 0.1) is 8.93 Å². The van der Waals surface area contributed by atoms with E-state index in [1.807, 2.05) is 0 Å². The fourth-order valence-electron chi connectivity index (χ4n) is 0.956. The Labute approximate surface area is 101 Å². The third-order valence-electron chi connectivity index (χ3n) is 1.71. The minimum absolute atomic E-state index is 0.0868. The van der Waals surface area contributed by atoms with Gasteiger partial charge in [0, 0.05) is 11.4 Å². The summed E-state index contributed by atoms with van der Waals surface area (Å²) >= 11 is 4.04. The van der Waals surface area contributed by atoms with Crippen LogP contribution < -0.4 is 11.1 Å². The lowest BCUT2D eigenvalue weighted by Crippen LogP contribution is -2.39. The van der Waals surface area contributed by atoms with Crippen molar-refractivity contribution in [1.29, 1.82) is 0 Å². The molecular weight excluding hydrogens is 311 g/mol. The molecule has 3 nitrogen and oxygen atoms in total. The average Bonchev–Trinajstić information content (AvgIpc) is 2.51. The molecule has 5 heteroatoms. The van der Waals surface area contributed by atoms with Gasteiger partial charge in [-0.25, -0.2) is 0 Å². The number of thiophene rings is 1. The van der Waals surface area contributed by atoms with Crippen molar-refractivity contribution < 1.29 is 4.79 Å². The largest absolute Gasteiger partial charge is 0.354 e. The van der Waals surface area contributed by atoms with Crippen molar-refractivity contribution in [2.45, 2.75) is 19.4 Å². The van der Waals surface area contributed by atoms with Crippen LogP contribution in [0.5, 0.6) is 0 Å². The molecule has 3 N–H and O–H groups in total. The number of carbonyl (C=O) groups is 1. The van der Waals surface area contributed by atoms with Crippen molar-refractivity contribution in [3.8, 4) is 0 Å². The van der Waals surface area contributed by atoms with Crippen LogP contribution in [0.15, 0.2) is 12.1 Å². The summed E-state index contributed by atoms with van der Waals surface area (Å²) in [5, 5.41) is 2.78. The average molecular weight is 324 g/mol. The lowest BCUT2D eigenvalue weighted by Gasteiger charge is -2.06. The zero-order valence-electron chi connectivity index (χ0n) is 7.92. The fraction of sp³-hybridized carbons (Fsp3) is 0.444. The lowest BCUT2D eigenvalue weighted by atomic mass is 10.3. The van der Waals surface area contributed by atoms with Gasteiger partial charge in [0.15, 0.2) is 0 Å². The van der Waals surface area contributed by atoms with Crippen molar-refractivity contribution in [2.24, 2.45) is 5.73 Å². The van der Waals surface area contributed by atoms with E-state index in [-0.39, 0.29) is 5.91 Å². The Morgan fingerprint density at radius 2 is 2.43 bits per heavy atom. The Morgan fingerprint density at radius 3 is 2.93 bits per heavy atom. The van der Waals surface area contributed by atoms with Crippen LogP contribution in [0.4, 0.5) is 0 Å². The Bertz CT molecular complexity index is 312. The molecule has 0 aliphatic carbocycles. The maximum atomic E-state index is 11.1. The SMILES string of the molecule is CC(N)C(=O)NCCc1ccc(I)s1. The Hall–Kier alpha value is -0.140. The molecule has 0 aliphatic rings. The monoisotopic (exact) mass is 324 g/mol. The van der Waals surface area contributed by atoms with Crippen LogP contribution in [0.25, 0.3) is 0 Å². The van der Waals surface area contributed by atoms with Gasteiger partial charge < -0.3 is 11.1 Å². The van der Waals surface area contributed by atoms with Gasteiger partial charge in [0.1, 0.15) is 0 Å². The standard InChI is InChI=1S/C9H13IN2OS/c1-6(11)9(13)12-5-4-7-2-3-8(10)14-7/h2-3,6H,4-5,11H2,1H3,(H,12,13). The second kappa shape index (κ2) is 5.67. The van der Waals surface area contributed by atoms with Crippen LogP contribution in [0.1, 0.15) is 11.8 Å². The Morgan fingerprint density at radius 1 is 1.71 bits per heavy atom. The number of carbonyl (C=O) groups excluding carboxylic acids is 1. The number of amides is 1. The third-order valence-corrected chi connectivity index (χ3v) is 3.67. The quantitative estimate of drug-likeness (QED) is 0.822. The van der Waals surface area contributed by atoms with Crippen molar-refractivity contribution in [3.63, 3.8) is 0 Å². The zero-order chi connectivity index (χ0) is 10.6. The summed E-state index contributed by atoms with van der Waals surface area (Å²) in [4.78, 5) is 12.4. The highest BCUT2D eigenvalue weighted by Gasteiger charge is 2.05. The molecule has 0 saturated carbocycles. The Balaban J connectivity index is 2.25. The van der Waals surface area contributed by atoms with Gasteiger partial charge in [-0.05, 0) is 48.1 Å². The minimum atomic E-state index is -0.418. The molecule has 0 aliphatic heterocycles. The molecule has 1 aromatic rings. The van der Waals surface area contributed by atoms with Gasteiger partial charge in [-0.1, -0.05) is 0 Å². The van der Waals surface area contributed by atoms with Gasteiger partial charge in [-0.2, -0.15) is 0 Å². The maximum Gasteiger partial charge on any atom is 0.236 e. The van der Waals surface area contributed by atoms with Crippen molar-refractivity contribution in [3.05, 3.63) is 19.9 Å². The summed E-state index contributed by atoms with van der Waals surface area (Å²) in [6, 6.07) is 3.75. The third kappa shape index (κ3) is 3.93. The molecule has 0 spiro atoms. The van der Waals surface area contributed by atoms with E-state index in [1.54, 1.807) is 18.3 Å². The van der Waals surface area contributed by atoms with Gasteiger partial charge in [-0.15, -0.1) is 11.3 Å². The highest BCUT2D eigenvalue weighted by Crippen LogP contribution is 2.18. The first-order chi connectivity index (χ1) is 6.59. The lowest BCUT2D eigenvalue weighted by molar-refractivity contribution is -0.121. The number of nitrogens with two attached hydrogens (primary N) is 1. The van der Waals surface area contributed by atoms with Crippen LogP contribution in [-0.2, 0) is 11.2 Å². The number of halogens is 1. The molecule has 0 radical (unpaired) electrons. The predicted molar refractivity (Wildman–Crippen MR) is 67.4 cm³/mol. The predicted octanol–water partition coefficient (Wildman–Crippen LogP) is 1.36. The summed E-state index contributed by atoms with van der Waals surface area (Å²) in [6.45, 7) is 2.35. The van der Waals surface area contributed by atoms with Crippen LogP contribution in [0.3, 0.4) is 0 Å². The number of rotatable bonds is 4. The van der Waals surface area contributed by atoms with E-state index in [0.29, 0.717) is 6.54 Å². The van der Waals surface area contributed by atoms with E-state index >= 15 is 0 Å². The topological polar surface area (TPSA) is 55.1 Å². The van der Waals surface area contributed by atoms with Gasteiger partial charge >= 0.3 is 0 Å². The van der Waals surface area contributed by atoms with Crippen molar-refractivity contribution in [1.82, 2.24) is 5.32 Å². The molecule has 14 heavy (non-hydrogen) atoms. The summed E-state index contributed by atoms with van der Waals surface area (Å²) in [7, 11) is 0. The van der Waals surface area contributed by atoms with E-state index in [4.69, 9.17) is 5.73 Å². The summed E-state index contributed by atoms with van der Waals surface area (Å²) in [5.74, 6) is -0.0868. The molecule has 1 aromatic heterocycles. The van der Waals surface area contributed by atoms with E-state index in [2.05, 4.69) is 40.0 Å². The first kappa shape index (κ1) is 11.9. The summed E-state index contributed by atoms with van der Waals surface area (Å²) in [5.41, 5.74) is 5.41. The molecule has 0 bridgehead atoms. The van der Waals surface area contributed by atoms with Crippen molar-refractivity contribution >= 4 is 39.8 Å². The smallest absolute Gasteiger partial charge is 0.236 e. The Kier molecular flexibility index (Phi) is 4.83. The second-order valence-electron chi connectivity index (χ2n) is 3.04. The van der Waals surface area contributed by atoms with E-state index < -0.39 is 6.04 Å². The van der Waals surface area contributed by atoms with Crippen LogP contribution in [0, 0.1) is 2.88 Å². The molecule has 1 amide bonds. The number of hydrogen-bond donors (Lipinski definition) is 2. The molecule has 0 saturated heterocycles. The fourth-order valence-corrected chi connectivity index (χ4v) is 2.71. The highest BCUT2D eigenvalue weighted by molar-refractivity contribution is 14.1. The summed E-state index contributed by atoms with van der Waals surface area (Å²) in [6.07, 6.45) is 0.881. The number of nitrogens with one attached hydrogen (secondary N) is 1. The number of hydrogen-bond acceptors (Lipinski definition) is 3.